The van der Waals surface area contributed by atoms with Crippen LogP contribution in [0, 0.1) is 11.8 Å². The molecule has 6 atom stereocenters. The van der Waals surface area contributed by atoms with E-state index in [9.17, 15) is 19.5 Å². The van der Waals surface area contributed by atoms with Crippen LogP contribution in [0.25, 0.3) is 0 Å². The number of ether oxygens (including phenoxy) is 2. The lowest BCUT2D eigenvalue weighted by molar-refractivity contribution is -0.161. The highest BCUT2D eigenvalue weighted by Crippen LogP contribution is 2.59. The first-order chi connectivity index (χ1) is 21.9. The summed E-state index contributed by atoms with van der Waals surface area (Å²) in [6.45, 7) is 7.97. The molecule has 2 amide bonds. The van der Waals surface area contributed by atoms with Crippen LogP contribution in [0.2, 0.25) is 0 Å². The smallest absolute Gasteiger partial charge is 0.313 e. The first-order valence-corrected chi connectivity index (χ1v) is 16.2. The van der Waals surface area contributed by atoms with E-state index in [0.29, 0.717) is 30.5 Å². The lowest BCUT2D eigenvalue weighted by atomic mass is 9.73. The number of allylic oxidation sites excluding steroid dienone is 1. The molecule has 238 valence electrons. The molecule has 9 heteroatoms. The maximum Gasteiger partial charge on any atom is 0.313 e. The second kappa shape index (κ2) is 12.4. The molecule has 45 heavy (non-hydrogen) atoms. The number of likely N-dealkylation sites (tertiary alicyclic amines) is 1. The van der Waals surface area contributed by atoms with Crippen LogP contribution in [0.3, 0.4) is 0 Å². The molecule has 1 N–H and O–H groups in total. The summed E-state index contributed by atoms with van der Waals surface area (Å²) in [5.74, 6) is -3.18. The number of aliphatic hydroxyl groups is 1. The summed E-state index contributed by atoms with van der Waals surface area (Å²) in [7, 11) is 0. The van der Waals surface area contributed by atoms with E-state index in [-0.39, 0.29) is 19.1 Å². The SMILES string of the molecule is CCN(CC)c1ccc(N2CC=C[C@]34O[C@@]5(CC)/C=C\CCCOC(=O)[C@H]5[C@H]3C(=O)N([C@H](CO)c3ccccc3)C4C2=O)cc1. The van der Waals surface area contributed by atoms with Crippen molar-refractivity contribution in [3.8, 4) is 0 Å². The van der Waals surface area contributed by atoms with E-state index in [4.69, 9.17) is 9.47 Å². The van der Waals surface area contributed by atoms with Gasteiger partial charge in [-0.2, -0.15) is 0 Å². The highest BCUT2D eigenvalue weighted by molar-refractivity contribution is 6.06. The van der Waals surface area contributed by atoms with Gasteiger partial charge in [0.15, 0.2) is 0 Å². The number of esters is 1. The van der Waals surface area contributed by atoms with Gasteiger partial charge in [0.25, 0.3) is 5.91 Å². The molecular weight excluding hydrogens is 570 g/mol. The lowest BCUT2D eigenvalue weighted by Gasteiger charge is -2.41. The molecule has 0 bridgehead atoms. The van der Waals surface area contributed by atoms with Crippen molar-refractivity contribution in [1.29, 1.82) is 0 Å². The summed E-state index contributed by atoms with van der Waals surface area (Å²) in [6, 6.07) is 15.1. The summed E-state index contributed by atoms with van der Waals surface area (Å²) in [6.07, 6.45) is 9.42. The monoisotopic (exact) mass is 613 g/mol. The Morgan fingerprint density at radius 2 is 1.67 bits per heavy atom. The van der Waals surface area contributed by atoms with E-state index >= 15 is 0 Å². The number of anilines is 2. The van der Waals surface area contributed by atoms with Crippen molar-refractivity contribution in [3.63, 3.8) is 0 Å². The number of amides is 2. The van der Waals surface area contributed by atoms with Crippen molar-refractivity contribution < 1.29 is 29.0 Å². The number of carbonyl (C=O) groups excluding carboxylic acids is 3. The zero-order chi connectivity index (χ0) is 31.8. The van der Waals surface area contributed by atoms with Crippen molar-refractivity contribution in [2.24, 2.45) is 11.8 Å². The van der Waals surface area contributed by atoms with Gasteiger partial charge in [0, 0.05) is 31.0 Å². The van der Waals surface area contributed by atoms with Crippen molar-refractivity contribution in [2.75, 3.05) is 42.6 Å². The van der Waals surface area contributed by atoms with Gasteiger partial charge in [0.05, 0.1) is 25.2 Å². The average Bonchev–Trinajstić information content (AvgIpc) is 3.44. The molecule has 2 aromatic rings. The summed E-state index contributed by atoms with van der Waals surface area (Å²) in [5.41, 5.74) is -0.132. The predicted molar refractivity (Wildman–Crippen MR) is 172 cm³/mol. The molecule has 0 aliphatic carbocycles. The van der Waals surface area contributed by atoms with Gasteiger partial charge < -0.3 is 29.3 Å². The number of fused-ring (bicyclic) bond motifs is 2. The third-order valence-corrected chi connectivity index (χ3v) is 10.1. The molecule has 2 saturated heterocycles. The first kappa shape index (κ1) is 31.0. The summed E-state index contributed by atoms with van der Waals surface area (Å²) in [5, 5.41) is 10.8. The molecule has 1 unspecified atom stereocenters. The Morgan fingerprint density at radius 1 is 0.933 bits per heavy atom. The van der Waals surface area contributed by atoms with E-state index < -0.39 is 53.6 Å². The lowest BCUT2D eigenvalue weighted by Crippen LogP contribution is -2.57. The summed E-state index contributed by atoms with van der Waals surface area (Å²) in [4.78, 5) is 49.0. The number of hydrogen-bond donors (Lipinski definition) is 1. The first-order valence-electron chi connectivity index (χ1n) is 16.2. The van der Waals surface area contributed by atoms with Crippen molar-refractivity contribution >= 4 is 29.2 Å². The molecule has 4 aliphatic heterocycles. The average molecular weight is 614 g/mol. The second-order valence-electron chi connectivity index (χ2n) is 12.2. The minimum absolute atomic E-state index is 0.246. The maximum atomic E-state index is 15.0. The Morgan fingerprint density at radius 3 is 2.33 bits per heavy atom. The van der Waals surface area contributed by atoms with Crippen LogP contribution in [0.4, 0.5) is 11.4 Å². The van der Waals surface area contributed by atoms with Crippen LogP contribution >= 0.6 is 0 Å². The molecule has 1 spiro atoms. The van der Waals surface area contributed by atoms with Gasteiger partial charge in [-0.3, -0.25) is 14.4 Å². The van der Waals surface area contributed by atoms with E-state index in [1.807, 2.05) is 85.8 Å². The summed E-state index contributed by atoms with van der Waals surface area (Å²) >= 11 is 0. The number of benzene rings is 2. The highest BCUT2D eigenvalue weighted by atomic mass is 16.6. The third-order valence-electron chi connectivity index (χ3n) is 10.1. The largest absolute Gasteiger partial charge is 0.465 e. The molecule has 0 radical (unpaired) electrons. The number of carbonyl (C=O) groups is 3. The Balaban J connectivity index is 1.50. The zero-order valence-corrected chi connectivity index (χ0v) is 26.3. The van der Waals surface area contributed by atoms with Gasteiger partial charge in [-0.15, -0.1) is 0 Å². The van der Waals surface area contributed by atoms with E-state index in [1.54, 1.807) is 4.90 Å². The molecule has 2 aromatic carbocycles. The van der Waals surface area contributed by atoms with Crippen LogP contribution < -0.4 is 9.80 Å². The zero-order valence-electron chi connectivity index (χ0n) is 26.3. The fourth-order valence-electron chi connectivity index (χ4n) is 7.84. The maximum absolute atomic E-state index is 15.0. The molecule has 9 nitrogen and oxygen atoms in total. The Hall–Kier alpha value is -3.95. The molecule has 4 aliphatic rings. The highest BCUT2D eigenvalue weighted by Gasteiger charge is 2.76. The molecular formula is C36H43N3O6. The van der Waals surface area contributed by atoms with Gasteiger partial charge >= 0.3 is 5.97 Å². The Bertz CT molecular complexity index is 1470. The Kier molecular flexibility index (Phi) is 8.59. The van der Waals surface area contributed by atoms with E-state index in [1.165, 1.54) is 4.90 Å². The fraction of sp³-hybridized carbons (Fsp3) is 0.472. The van der Waals surface area contributed by atoms with Crippen LogP contribution in [-0.4, -0.2) is 77.9 Å². The van der Waals surface area contributed by atoms with Crippen LogP contribution in [-0.2, 0) is 23.9 Å². The normalized spacial score (nSPS) is 30.8. The van der Waals surface area contributed by atoms with Gasteiger partial charge in [0.1, 0.15) is 23.2 Å². The number of nitrogens with zero attached hydrogens (tertiary/aromatic N) is 3. The van der Waals surface area contributed by atoms with Crippen molar-refractivity contribution in [2.45, 2.75) is 63.3 Å². The van der Waals surface area contributed by atoms with Gasteiger partial charge in [0.2, 0.25) is 5.91 Å². The van der Waals surface area contributed by atoms with Crippen molar-refractivity contribution in [1.82, 2.24) is 4.90 Å². The number of cyclic esters (lactones) is 1. The van der Waals surface area contributed by atoms with Gasteiger partial charge in [-0.05, 0) is 62.9 Å². The molecule has 4 heterocycles. The minimum atomic E-state index is -1.45. The molecule has 2 fully saturated rings. The molecule has 6 rings (SSSR count). The quantitative estimate of drug-likeness (QED) is 0.348. The number of aliphatic hydroxyl groups excluding tert-OH is 1. The second-order valence-corrected chi connectivity index (χ2v) is 12.2. The summed E-state index contributed by atoms with van der Waals surface area (Å²) < 4.78 is 12.8. The van der Waals surface area contributed by atoms with Gasteiger partial charge in [-0.1, -0.05) is 61.6 Å². The topological polar surface area (TPSA) is 99.6 Å². The van der Waals surface area contributed by atoms with Crippen LogP contribution in [0.5, 0.6) is 0 Å². The predicted octanol–water partition coefficient (Wildman–Crippen LogP) is 4.42. The molecule has 0 aromatic heterocycles. The number of rotatable bonds is 8. The minimum Gasteiger partial charge on any atom is -0.465 e. The van der Waals surface area contributed by atoms with Crippen LogP contribution in [0.1, 0.15) is 51.6 Å². The fourth-order valence-corrected chi connectivity index (χ4v) is 7.84. The van der Waals surface area contributed by atoms with Gasteiger partial charge in [-0.25, -0.2) is 0 Å². The van der Waals surface area contributed by atoms with Crippen LogP contribution in [0.15, 0.2) is 78.9 Å². The Labute approximate surface area is 265 Å². The van der Waals surface area contributed by atoms with E-state index in [2.05, 4.69) is 18.7 Å². The van der Waals surface area contributed by atoms with Crippen molar-refractivity contribution in [3.05, 3.63) is 84.5 Å². The standard InChI is InChI=1S/C36H43N3O6/c1-4-35-20-11-8-12-23-44-34(43)30(35)29-32(41)39(28(24-40)25-14-9-7-10-15-25)31-33(42)38(22-13-21-36(29,31)45-35)27-18-16-26(17-19-27)37(5-2)6-3/h7,9-11,13-21,28-31,40H,4-6,8,12,22-24H2,1-3H3/b20-11-/t28-,29+,30-,31?,35+,36+/m1/s1. The third kappa shape index (κ3) is 4.97. The molecule has 0 saturated carbocycles. The van der Waals surface area contributed by atoms with E-state index in [0.717, 1.165) is 18.8 Å². The number of hydrogen-bond acceptors (Lipinski definition) is 7.